The number of anilines is 1. The lowest BCUT2D eigenvalue weighted by atomic mass is 10.2. The van der Waals surface area contributed by atoms with Gasteiger partial charge in [-0.05, 0) is 31.9 Å². The molecule has 2 atom stereocenters. The molecule has 7 nitrogen and oxygen atoms in total. The number of aliphatic imine (C=N–C) groups is 1. The van der Waals surface area contributed by atoms with Gasteiger partial charge in [-0.1, -0.05) is 6.07 Å². The number of nitrogens with one attached hydrogen (secondary N) is 1. The molecule has 2 aliphatic rings. The van der Waals surface area contributed by atoms with Crippen molar-refractivity contribution in [3.8, 4) is 0 Å². The number of hydrogen-bond acceptors (Lipinski definition) is 5. The van der Waals surface area contributed by atoms with Gasteiger partial charge in [-0.25, -0.2) is 9.98 Å². The third kappa shape index (κ3) is 4.83. The molecular weight excluding hydrogens is 318 g/mol. The molecule has 1 aromatic rings. The molecule has 0 spiro atoms. The van der Waals surface area contributed by atoms with E-state index in [1.807, 2.05) is 6.20 Å². The number of rotatable bonds is 4. The van der Waals surface area contributed by atoms with Crippen molar-refractivity contribution in [1.29, 1.82) is 0 Å². The molecule has 0 radical (unpaired) electrons. The first kappa shape index (κ1) is 17.9. The predicted octanol–water partition coefficient (Wildman–Crippen LogP) is 0.839. The first-order chi connectivity index (χ1) is 12.2. The minimum Gasteiger partial charge on any atom is -0.391 e. The standard InChI is InChI=1S/C18H29N5O2/c1-3-19-18(23-7-6-16(24)13-23)21-11-15-4-5-17(20-10-15)22-8-9-25-14(2)12-22/h4-5,10,14,16,24H,3,6-9,11-13H2,1-2H3,(H,19,21)/t14?,16-/m1/s1. The van der Waals surface area contributed by atoms with E-state index < -0.39 is 0 Å². The smallest absolute Gasteiger partial charge is 0.194 e. The minimum absolute atomic E-state index is 0.248. The zero-order valence-corrected chi connectivity index (χ0v) is 15.2. The molecule has 2 saturated heterocycles. The summed E-state index contributed by atoms with van der Waals surface area (Å²) in [7, 11) is 0. The largest absolute Gasteiger partial charge is 0.391 e. The molecule has 25 heavy (non-hydrogen) atoms. The van der Waals surface area contributed by atoms with Crippen LogP contribution in [-0.2, 0) is 11.3 Å². The highest BCUT2D eigenvalue weighted by atomic mass is 16.5. The molecule has 7 heteroatoms. The van der Waals surface area contributed by atoms with Crippen LogP contribution in [0.4, 0.5) is 5.82 Å². The maximum Gasteiger partial charge on any atom is 0.194 e. The molecule has 1 unspecified atom stereocenters. The fraction of sp³-hybridized carbons (Fsp3) is 0.667. The van der Waals surface area contributed by atoms with E-state index >= 15 is 0 Å². The quantitative estimate of drug-likeness (QED) is 0.621. The third-order valence-electron chi connectivity index (χ3n) is 4.58. The van der Waals surface area contributed by atoms with E-state index in [4.69, 9.17) is 9.73 Å². The molecule has 138 valence electrons. The number of aliphatic hydroxyl groups is 1. The number of pyridine rings is 1. The topological polar surface area (TPSA) is 73.2 Å². The molecule has 0 aliphatic carbocycles. The fourth-order valence-corrected chi connectivity index (χ4v) is 3.25. The summed E-state index contributed by atoms with van der Waals surface area (Å²) in [5, 5.41) is 13.0. The van der Waals surface area contributed by atoms with Crippen molar-refractivity contribution >= 4 is 11.8 Å². The summed E-state index contributed by atoms with van der Waals surface area (Å²) < 4.78 is 5.58. The SMILES string of the molecule is CCNC(=NCc1ccc(N2CCOC(C)C2)nc1)N1CC[C@@H](O)C1. The molecule has 3 rings (SSSR count). The van der Waals surface area contributed by atoms with Crippen LogP contribution in [0.15, 0.2) is 23.3 Å². The van der Waals surface area contributed by atoms with Gasteiger partial charge in [0.25, 0.3) is 0 Å². The Kier molecular flexibility index (Phi) is 6.09. The lowest BCUT2D eigenvalue weighted by Gasteiger charge is -2.32. The van der Waals surface area contributed by atoms with Crippen LogP contribution in [0, 0.1) is 0 Å². The Morgan fingerprint density at radius 3 is 2.92 bits per heavy atom. The van der Waals surface area contributed by atoms with Crippen LogP contribution in [0.25, 0.3) is 0 Å². The Morgan fingerprint density at radius 2 is 2.28 bits per heavy atom. The highest BCUT2D eigenvalue weighted by Crippen LogP contribution is 2.16. The van der Waals surface area contributed by atoms with E-state index in [-0.39, 0.29) is 12.2 Å². The third-order valence-corrected chi connectivity index (χ3v) is 4.58. The van der Waals surface area contributed by atoms with Gasteiger partial charge in [0.15, 0.2) is 5.96 Å². The summed E-state index contributed by atoms with van der Waals surface area (Å²) in [6.07, 6.45) is 2.71. The Bertz CT molecular complexity index is 577. The van der Waals surface area contributed by atoms with E-state index in [1.54, 1.807) is 0 Å². The van der Waals surface area contributed by atoms with Crippen molar-refractivity contribution in [3.05, 3.63) is 23.9 Å². The summed E-state index contributed by atoms with van der Waals surface area (Å²) in [4.78, 5) is 13.7. The summed E-state index contributed by atoms with van der Waals surface area (Å²) >= 11 is 0. The van der Waals surface area contributed by atoms with Crippen LogP contribution in [0.3, 0.4) is 0 Å². The number of likely N-dealkylation sites (tertiary alicyclic amines) is 1. The van der Waals surface area contributed by atoms with Gasteiger partial charge in [-0.2, -0.15) is 0 Å². The zero-order chi connectivity index (χ0) is 17.6. The predicted molar refractivity (Wildman–Crippen MR) is 98.9 cm³/mol. The van der Waals surface area contributed by atoms with E-state index in [0.717, 1.165) is 56.5 Å². The van der Waals surface area contributed by atoms with Crippen molar-refractivity contribution in [2.45, 2.75) is 39.0 Å². The average Bonchev–Trinajstić information content (AvgIpc) is 3.05. The number of guanidine groups is 1. The second-order valence-corrected chi connectivity index (χ2v) is 6.71. The minimum atomic E-state index is -0.249. The molecule has 2 N–H and O–H groups in total. The Morgan fingerprint density at radius 1 is 1.40 bits per heavy atom. The highest BCUT2D eigenvalue weighted by molar-refractivity contribution is 5.80. The van der Waals surface area contributed by atoms with Crippen LogP contribution >= 0.6 is 0 Å². The second-order valence-electron chi connectivity index (χ2n) is 6.71. The maximum atomic E-state index is 9.73. The number of aromatic nitrogens is 1. The normalized spacial score (nSPS) is 24.7. The van der Waals surface area contributed by atoms with Gasteiger partial charge in [0.1, 0.15) is 5.82 Å². The van der Waals surface area contributed by atoms with E-state index in [2.05, 4.69) is 46.1 Å². The molecule has 3 heterocycles. The lowest BCUT2D eigenvalue weighted by molar-refractivity contribution is 0.0529. The molecule has 2 fully saturated rings. The summed E-state index contributed by atoms with van der Waals surface area (Å²) in [6, 6.07) is 4.16. The summed E-state index contributed by atoms with van der Waals surface area (Å²) in [6.45, 7) is 9.57. The molecule has 0 aromatic carbocycles. The van der Waals surface area contributed by atoms with Crippen molar-refractivity contribution in [2.75, 3.05) is 44.2 Å². The zero-order valence-electron chi connectivity index (χ0n) is 15.2. The lowest BCUT2D eigenvalue weighted by Crippen LogP contribution is -2.41. The van der Waals surface area contributed by atoms with Gasteiger partial charge in [0.05, 0.1) is 25.4 Å². The van der Waals surface area contributed by atoms with Gasteiger partial charge in [0, 0.05) is 38.9 Å². The summed E-state index contributed by atoms with van der Waals surface area (Å²) in [5.41, 5.74) is 1.08. The van der Waals surface area contributed by atoms with Crippen LogP contribution in [0.5, 0.6) is 0 Å². The first-order valence-corrected chi connectivity index (χ1v) is 9.18. The van der Waals surface area contributed by atoms with Crippen LogP contribution < -0.4 is 10.2 Å². The first-order valence-electron chi connectivity index (χ1n) is 9.18. The van der Waals surface area contributed by atoms with E-state index in [9.17, 15) is 5.11 Å². The van der Waals surface area contributed by atoms with Gasteiger partial charge in [0.2, 0.25) is 0 Å². The second kappa shape index (κ2) is 8.49. The molecule has 0 bridgehead atoms. The number of β-amino-alcohol motifs (C(OH)–C–C–N with tert-alkyl or cyclic N) is 1. The Labute approximate surface area is 149 Å². The number of hydrogen-bond donors (Lipinski definition) is 2. The fourth-order valence-electron chi connectivity index (χ4n) is 3.25. The molecule has 1 aromatic heterocycles. The van der Waals surface area contributed by atoms with Gasteiger partial charge in [-0.15, -0.1) is 0 Å². The molecule has 0 saturated carbocycles. The number of nitrogens with zero attached hydrogens (tertiary/aromatic N) is 4. The monoisotopic (exact) mass is 347 g/mol. The number of ether oxygens (including phenoxy) is 1. The summed E-state index contributed by atoms with van der Waals surface area (Å²) in [5.74, 6) is 1.86. The van der Waals surface area contributed by atoms with Crippen LogP contribution in [0.2, 0.25) is 0 Å². The van der Waals surface area contributed by atoms with Crippen LogP contribution in [0.1, 0.15) is 25.8 Å². The van der Waals surface area contributed by atoms with E-state index in [1.165, 1.54) is 0 Å². The van der Waals surface area contributed by atoms with Crippen molar-refractivity contribution in [3.63, 3.8) is 0 Å². The number of aliphatic hydroxyl groups excluding tert-OH is 1. The Balaban J connectivity index is 1.61. The maximum absolute atomic E-state index is 9.73. The van der Waals surface area contributed by atoms with Crippen molar-refractivity contribution < 1.29 is 9.84 Å². The van der Waals surface area contributed by atoms with Crippen LogP contribution in [-0.4, -0.2) is 72.5 Å². The van der Waals surface area contributed by atoms with Crippen molar-refractivity contribution in [1.82, 2.24) is 15.2 Å². The average molecular weight is 347 g/mol. The van der Waals surface area contributed by atoms with Gasteiger partial charge >= 0.3 is 0 Å². The molecular formula is C18H29N5O2. The van der Waals surface area contributed by atoms with Crippen molar-refractivity contribution in [2.24, 2.45) is 4.99 Å². The van der Waals surface area contributed by atoms with Gasteiger partial charge < -0.3 is 25.0 Å². The number of morpholine rings is 1. The Hall–Kier alpha value is -1.86. The highest BCUT2D eigenvalue weighted by Gasteiger charge is 2.22. The van der Waals surface area contributed by atoms with E-state index in [0.29, 0.717) is 13.1 Å². The molecule has 2 aliphatic heterocycles. The molecule has 0 amide bonds. The van der Waals surface area contributed by atoms with Gasteiger partial charge in [-0.3, -0.25) is 0 Å².